The molecular weight excluding hydrogens is 284 g/mol. The maximum Gasteiger partial charge on any atom is 0.238 e. The number of carbonyl (C=O) groups excluding carboxylic acids is 1. The van der Waals surface area contributed by atoms with Gasteiger partial charge in [-0.25, -0.2) is 0 Å². The number of amides is 1. The molecule has 3 nitrogen and oxygen atoms in total. The van der Waals surface area contributed by atoms with Gasteiger partial charge in [0, 0.05) is 17.3 Å². The second-order valence-corrected chi connectivity index (χ2v) is 6.72. The monoisotopic (exact) mass is 310 g/mol. The van der Waals surface area contributed by atoms with E-state index in [1.807, 2.05) is 0 Å². The highest BCUT2D eigenvalue weighted by Gasteiger charge is 2.17. The molecule has 1 rings (SSSR count). The van der Waals surface area contributed by atoms with Gasteiger partial charge in [0.15, 0.2) is 0 Å². The molecule has 0 aliphatic rings. The van der Waals surface area contributed by atoms with Gasteiger partial charge in [-0.15, -0.1) is 0 Å². The third kappa shape index (κ3) is 8.08. The molecule has 21 heavy (non-hydrogen) atoms. The SMILES string of the molecule is CCCCCC(C)(C)CNCC(=O)Nc1ccc(Cl)cc1. The van der Waals surface area contributed by atoms with Crippen molar-refractivity contribution in [3.8, 4) is 0 Å². The molecule has 0 spiro atoms. The number of halogens is 1. The van der Waals surface area contributed by atoms with Crippen LogP contribution in [0.4, 0.5) is 5.69 Å². The number of hydrogen-bond acceptors (Lipinski definition) is 2. The maximum absolute atomic E-state index is 11.8. The molecule has 0 heterocycles. The summed E-state index contributed by atoms with van der Waals surface area (Å²) in [5.41, 5.74) is 1.00. The van der Waals surface area contributed by atoms with Crippen LogP contribution in [0.5, 0.6) is 0 Å². The van der Waals surface area contributed by atoms with E-state index in [-0.39, 0.29) is 11.3 Å². The van der Waals surface area contributed by atoms with Crippen LogP contribution in [0.25, 0.3) is 0 Å². The zero-order chi connectivity index (χ0) is 15.7. The van der Waals surface area contributed by atoms with E-state index in [4.69, 9.17) is 11.6 Å². The summed E-state index contributed by atoms with van der Waals surface area (Å²) in [5.74, 6) is -0.0262. The molecule has 0 unspecified atom stereocenters. The van der Waals surface area contributed by atoms with Crippen LogP contribution >= 0.6 is 11.6 Å². The van der Waals surface area contributed by atoms with Gasteiger partial charge in [0.25, 0.3) is 0 Å². The Labute approximate surface area is 133 Å². The lowest BCUT2D eigenvalue weighted by Crippen LogP contribution is -2.35. The zero-order valence-electron chi connectivity index (χ0n) is 13.3. The number of carbonyl (C=O) groups is 1. The average Bonchev–Trinajstić information content (AvgIpc) is 2.41. The molecule has 0 bridgehead atoms. The molecule has 4 heteroatoms. The van der Waals surface area contributed by atoms with Crippen LogP contribution in [0.15, 0.2) is 24.3 Å². The van der Waals surface area contributed by atoms with E-state index in [9.17, 15) is 4.79 Å². The topological polar surface area (TPSA) is 41.1 Å². The molecule has 1 amide bonds. The lowest BCUT2D eigenvalue weighted by Gasteiger charge is -2.25. The van der Waals surface area contributed by atoms with E-state index >= 15 is 0 Å². The average molecular weight is 311 g/mol. The van der Waals surface area contributed by atoms with Crippen molar-refractivity contribution in [3.63, 3.8) is 0 Å². The Hall–Kier alpha value is -1.06. The van der Waals surface area contributed by atoms with Gasteiger partial charge in [-0.3, -0.25) is 4.79 Å². The Morgan fingerprint density at radius 3 is 2.48 bits per heavy atom. The van der Waals surface area contributed by atoms with Crippen molar-refractivity contribution >= 4 is 23.2 Å². The van der Waals surface area contributed by atoms with E-state index in [1.165, 1.54) is 25.7 Å². The lowest BCUT2D eigenvalue weighted by molar-refractivity contribution is -0.115. The number of unbranched alkanes of at least 4 members (excludes halogenated alkanes) is 2. The van der Waals surface area contributed by atoms with Gasteiger partial charge in [-0.1, -0.05) is 51.6 Å². The van der Waals surface area contributed by atoms with Crippen molar-refractivity contribution < 1.29 is 4.79 Å². The fourth-order valence-electron chi connectivity index (χ4n) is 2.19. The lowest BCUT2D eigenvalue weighted by atomic mass is 9.87. The van der Waals surface area contributed by atoms with Crippen molar-refractivity contribution in [2.45, 2.75) is 46.5 Å². The summed E-state index contributed by atoms with van der Waals surface area (Å²) >= 11 is 5.81. The van der Waals surface area contributed by atoms with Crippen LogP contribution in [0, 0.1) is 5.41 Å². The van der Waals surface area contributed by atoms with Crippen molar-refractivity contribution in [1.29, 1.82) is 0 Å². The van der Waals surface area contributed by atoms with Gasteiger partial charge in [0.2, 0.25) is 5.91 Å². The van der Waals surface area contributed by atoms with Crippen LogP contribution in [0.1, 0.15) is 46.5 Å². The van der Waals surface area contributed by atoms with Gasteiger partial charge in [-0.2, -0.15) is 0 Å². The predicted octanol–water partition coefficient (Wildman–Crippen LogP) is 4.47. The number of nitrogens with one attached hydrogen (secondary N) is 2. The smallest absolute Gasteiger partial charge is 0.238 e. The summed E-state index contributed by atoms with van der Waals surface area (Å²) in [4.78, 5) is 11.8. The molecule has 2 N–H and O–H groups in total. The quantitative estimate of drug-likeness (QED) is 0.660. The van der Waals surface area contributed by atoms with Crippen LogP contribution < -0.4 is 10.6 Å². The fourth-order valence-corrected chi connectivity index (χ4v) is 2.32. The molecule has 0 aliphatic carbocycles. The highest BCUT2D eigenvalue weighted by molar-refractivity contribution is 6.30. The Kier molecular flexibility index (Phi) is 7.76. The summed E-state index contributed by atoms with van der Waals surface area (Å²) < 4.78 is 0. The molecule has 0 aromatic heterocycles. The number of rotatable bonds is 9. The standard InChI is InChI=1S/C17H27ClN2O/c1-4-5-6-11-17(2,3)13-19-12-16(21)20-15-9-7-14(18)8-10-15/h7-10,19H,4-6,11-13H2,1-3H3,(H,20,21). The first-order valence-electron chi connectivity index (χ1n) is 7.69. The van der Waals surface area contributed by atoms with E-state index in [0.29, 0.717) is 11.6 Å². The Balaban J connectivity index is 2.25. The summed E-state index contributed by atoms with van der Waals surface area (Å²) in [6.07, 6.45) is 4.96. The third-order valence-electron chi connectivity index (χ3n) is 3.47. The molecule has 0 atom stereocenters. The van der Waals surface area contributed by atoms with Crippen LogP contribution in [-0.4, -0.2) is 19.0 Å². The summed E-state index contributed by atoms with van der Waals surface area (Å²) in [7, 11) is 0. The highest BCUT2D eigenvalue weighted by atomic mass is 35.5. The Morgan fingerprint density at radius 2 is 1.86 bits per heavy atom. The number of hydrogen-bond donors (Lipinski definition) is 2. The van der Waals surface area contributed by atoms with Crippen molar-refractivity contribution in [2.75, 3.05) is 18.4 Å². The molecule has 0 aliphatic heterocycles. The minimum atomic E-state index is -0.0262. The first kappa shape index (κ1) is 18.0. The highest BCUT2D eigenvalue weighted by Crippen LogP contribution is 2.22. The maximum atomic E-state index is 11.8. The Morgan fingerprint density at radius 1 is 1.19 bits per heavy atom. The number of anilines is 1. The van der Waals surface area contributed by atoms with E-state index in [0.717, 1.165) is 12.2 Å². The third-order valence-corrected chi connectivity index (χ3v) is 3.73. The van der Waals surface area contributed by atoms with Crippen molar-refractivity contribution in [2.24, 2.45) is 5.41 Å². The van der Waals surface area contributed by atoms with Crippen molar-refractivity contribution in [3.05, 3.63) is 29.3 Å². The minimum Gasteiger partial charge on any atom is -0.325 e. The molecule has 0 fully saturated rings. The largest absolute Gasteiger partial charge is 0.325 e. The molecule has 0 saturated heterocycles. The van der Waals surface area contributed by atoms with E-state index < -0.39 is 0 Å². The van der Waals surface area contributed by atoms with E-state index in [1.54, 1.807) is 24.3 Å². The van der Waals surface area contributed by atoms with Crippen LogP contribution in [-0.2, 0) is 4.79 Å². The summed E-state index contributed by atoms with van der Waals surface area (Å²) in [5, 5.41) is 6.76. The second-order valence-electron chi connectivity index (χ2n) is 6.28. The summed E-state index contributed by atoms with van der Waals surface area (Å²) in [6.45, 7) is 7.89. The van der Waals surface area contributed by atoms with Gasteiger partial charge < -0.3 is 10.6 Å². The first-order chi connectivity index (χ1) is 9.93. The zero-order valence-corrected chi connectivity index (χ0v) is 14.1. The molecule has 1 aromatic rings. The minimum absolute atomic E-state index is 0.0262. The predicted molar refractivity (Wildman–Crippen MR) is 90.9 cm³/mol. The van der Waals surface area contributed by atoms with Crippen LogP contribution in [0.2, 0.25) is 5.02 Å². The van der Waals surface area contributed by atoms with Gasteiger partial charge in [-0.05, 0) is 36.1 Å². The van der Waals surface area contributed by atoms with Gasteiger partial charge in [0.05, 0.1) is 6.54 Å². The molecule has 1 aromatic carbocycles. The van der Waals surface area contributed by atoms with Crippen molar-refractivity contribution in [1.82, 2.24) is 5.32 Å². The van der Waals surface area contributed by atoms with Crippen LogP contribution in [0.3, 0.4) is 0 Å². The Bertz CT molecular complexity index is 429. The number of benzene rings is 1. The summed E-state index contributed by atoms with van der Waals surface area (Å²) in [6, 6.07) is 7.13. The normalized spacial score (nSPS) is 11.4. The van der Waals surface area contributed by atoms with Gasteiger partial charge >= 0.3 is 0 Å². The first-order valence-corrected chi connectivity index (χ1v) is 8.07. The molecule has 0 saturated carbocycles. The second kappa shape index (κ2) is 9.06. The molecule has 118 valence electrons. The molecular formula is C17H27ClN2O. The van der Waals surface area contributed by atoms with Gasteiger partial charge in [0.1, 0.15) is 0 Å². The molecule has 0 radical (unpaired) electrons. The van der Waals surface area contributed by atoms with E-state index in [2.05, 4.69) is 31.4 Å². The fraction of sp³-hybridized carbons (Fsp3) is 0.588.